The Bertz CT molecular complexity index is 1240. The summed E-state index contributed by atoms with van der Waals surface area (Å²) in [6.45, 7) is 7.22. The van der Waals surface area contributed by atoms with E-state index in [-0.39, 0.29) is 31.6 Å². The third kappa shape index (κ3) is 42.8. The molecule has 5 heteroatoms. The van der Waals surface area contributed by atoms with Crippen molar-refractivity contribution in [2.24, 2.45) is 0 Å². The highest BCUT2D eigenvalue weighted by atomic mass is 16.6. The summed E-state index contributed by atoms with van der Waals surface area (Å²) in [7, 11) is 0. The molecule has 0 bridgehead atoms. The second kappa shape index (κ2) is 45.4. The molecule has 0 N–H and O–H groups in total. The van der Waals surface area contributed by atoms with E-state index in [0.717, 1.165) is 109 Å². The Morgan fingerprint density at radius 1 is 0.429 bits per heavy atom. The van der Waals surface area contributed by atoms with Crippen LogP contribution in [0, 0.1) is 0 Å². The van der Waals surface area contributed by atoms with Crippen LogP contribution in [-0.4, -0.2) is 37.9 Å². The molecule has 5 nitrogen and oxygen atoms in total. The summed E-state index contributed by atoms with van der Waals surface area (Å²) in [5.41, 5.74) is 0. The molecule has 0 spiro atoms. The largest absolute Gasteiger partial charge is 0.461 e. The van der Waals surface area contributed by atoms with Gasteiger partial charge in [-0.3, -0.25) is 9.59 Å². The normalized spacial score (nSPS) is 13.6. The first-order valence-electron chi connectivity index (χ1n) is 21.7. The molecule has 0 rings (SSSR count). The van der Waals surface area contributed by atoms with Gasteiger partial charge < -0.3 is 14.2 Å². The van der Waals surface area contributed by atoms with Gasteiger partial charge in [0.2, 0.25) is 0 Å². The van der Waals surface area contributed by atoms with Gasteiger partial charge in [0, 0.05) is 13.0 Å². The van der Waals surface area contributed by atoms with Gasteiger partial charge in [-0.05, 0) is 89.9 Å². The van der Waals surface area contributed by atoms with Gasteiger partial charge in [-0.2, -0.15) is 0 Å². The van der Waals surface area contributed by atoms with Crippen LogP contribution in [0.15, 0.2) is 134 Å². The highest BCUT2D eigenvalue weighted by Gasteiger charge is 2.17. The summed E-state index contributed by atoms with van der Waals surface area (Å²) in [5.74, 6) is -0.605. The first-order chi connectivity index (χ1) is 27.6. The molecule has 0 aromatic rings. The van der Waals surface area contributed by atoms with Crippen molar-refractivity contribution in [3.8, 4) is 0 Å². The van der Waals surface area contributed by atoms with Gasteiger partial charge in [0.15, 0.2) is 6.10 Å². The fourth-order valence-corrected chi connectivity index (χ4v) is 5.07. The molecule has 0 heterocycles. The predicted octanol–water partition coefficient (Wildman–Crippen LogP) is 14.4. The lowest BCUT2D eigenvalue weighted by atomic mass is 10.1. The van der Waals surface area contributed by atoms with Gasteiger partial charge in [0.25, 0.3) is 0 Å². The molecule has 0 fully saturated rings. The SMILES string of the molecule is CC/C=C\C/C=C\C/C=C\C/C=C\C/C=C\C/C=C\CCCOCC(COC(=O)C/C=C\C/C=C\C/C=C\C/C=C\C/C=C\CC)OC(=O)CCCCCCC. The van der Waals surface area contributed by atoms with Crippen LogP contribution < -0.4 is 0 Å². The second-order valence-corrected chi connectivity index (χ2v) is 13.5. The second-order valence-electron chi connectivity index (χ2n) is 13.5. The zero-order valence-corrected chi connectivity index (χ0v) is 35.6. The Morgan fingerprint density at radius 3 is 1.29 bits per heavy atom. The van der Waals surface area contributed by atoms with Crippen molar-refractivity contribution in [1.29, 1.82) is 0 Å². The molecule has 1 unspecified atom stereocenters. The number of unbranched alkanes of at least 4 members (excludes halogenated alkanes) is 5. The lowest BCUT2D eigenvalue weighted by Crippen LogP contribution is -2.30. The molecule has 0 aliphatic carbocycles. The van der Waals surface area contributed by atoms with E-state index in [2.05, 4.69) is 142 Å². The Kier molecular flexibility index (Phi) is 42.2. The van der Waals surface area contributed by atoms with Crippen LogP contribution in [0.3, 0.4) is 0 Å². The topological polar surface area (TPSA) is 61.8 Å². The van der Waals surface area contributed by atoms with Gasteiger partial charge in [0.1, 0.15) is 6.61 Å². The average molecular weight is 771 g/mol. The van der Waals surface area contributed by atoms with Crippen molar-refractivity contribution in [2.45, 2.75) is 155 Å². The summed E-state index contributed by atoms with van der Waals surface area (Å²) >= 11 is 0. The van der Waals surface area contributed by atoms with Crippen molar-refractivity contribution < 1.29 is 23.8 Å². The van der Waals surface area contributed by atoms with Crippen LogP contribution in [-0.2, 0) is 23.8 Å². The van der Waals surface area contributed by atoms with Crippen molar-refractivity contribution in [3.63, 3.8) is 0 Å². The average Bonchev–Trinajstić information content (AvgIpc) is 3.20. The third-order valence-electron chi connectivity index (χ3n) is 8.21. The van der Waals surface area contributed by atoms with Gasteiger partial charge in [0.05, 0.1) is 13.0 Å². The number of hydrogen-bond acceptors (Lipinski definition) is 5. The monoisotopic (exact) mass is 771 g/mol. The Labute approximate surface area is 343 Å². The molecule has 0 aromatic carbocycles. The molecule has 0 saturated carbocycles. The maximum Gasteiger partial charge on any atom is 0.309 e. The molecule has 0 saturated heterocycles. The molecular formula is C51H78O5. The molecule has 0 aliphatic heterocycles. The van der Waals surface area contributed by atoms with E-state index in [4.69, 9.17) is 14.2 Å². The third-order valence-corrected chi connectivity index (χ3v) is 8.21. The fraction of sp³-hybridized carbons (Fsp3) is 0.529. The van der Waals surface area contributed by atoms with Crippen LogP contribution in [0.4, 0.5) is 0 Å². The number of allylic oxidation sites excluding steroid dienone is 21. The van der Waals surface area contributed by atoms with Crippen LogP contribution in [0.2, 0.25) is 0 Å². The molecule has 56 heavy (non-hydrogen) atoms. The first kappa shape index (κ1) is 52.0. The minimum atomic E-state index is -0.610. The molecular weight excluding hydrogens is 693 g/mol. The van der Waals surface area contributed by atoms with Gasteiger partial charge in [-0.1, -0.05) is 180 Å². The summed E-state index contributed by atoms with van der Waals surface area (Å²) in [6, 6.07) is 0. The van der Waals surface area contributed by atoms with Gasteiger partial charge in [-0.15, -0.1) is 0 Å². The maximum absolute atomic E-state index is 12.5. The fourth-order valence-electron chi connectivity index (χ4n) is 5.07. The summed E-state index contributed by atoms with van der Waals surface area (Å²) in [6.07, 6.45) is 65.1. The van der Waals surface area contributed by atoms with Crippen LogP contribution >= 0.6 is 0 Å². The van der Waals surface area contributed by atoms with E-state index in [0.29, 0.717) is 13.0 Å². The van der Waals surface area contributed by atoms with E-state index in [9.17, 15) is 9.59 Å². The summed E-state index contributed by atoms with van der Waals surface area (Å²) in [4.78, 5) is 24.9. The standard InChI is InChI=1S/C51H78O5/c1-4-7-10-13-15-17-19-21-23-24-25-26-27-29-31-33-35-37-40-43-46-54-47-49(56-51(53)45-42-38-12-9-6-3)48-55-50(52)44-41-39-36-34-32-30-28-22-20-18-16-14-11-8-5-2/h7-8,10-11,15-18,21-23,25-26,28-29,31-32,34-35,37,39,41,49H,4-6,9,12-14,19-20,24,27,30,33,36,38,40,42-48H2,1-3H3/b10-7-,11-8-,17-15-,18-16-,23-21-,26-25-,28-22-,31-29-,34-32-,37-35-,41-39-. The lowest BCUT2D eigenvalue weighted by molar-refractivity contribution is -0.162. The van der Waals surface area contributed by atoms with Crippen molar-refractivity contribution >= 4 is 11.9 Å². The number of rotatable bonds is 37. The molecule has 1 atom stereocenters. The molecule has 0 amide bonds. The highest BCUT2D eigenvalue weighted by molar-refractivity contribution is 5.71. The zero-order valence-electron chi connectivity index (χ0n) is 35.6. The number of carbonyl (C=O) groups is 2. The van der Waals surface area contributed by atoms with Crippen LogP contribution in [0.25, 0.3) is 0 Å². The smallest absolute Gasteiger partial charge is 0.309 e. The van der Waals surface area contributed by atoms with Crippen molar-refractivity contribution in [2.75, 3.05) is 19.8 Å². The first-order valence-corrected chi connectivity index (χ1v) is 21.7. The Hall–Kier alpha value is -3.96. The van der Waals surface area contributed by atoms with E-state index in [1.165, 1.54) is 6.42 Å². The summed E-state index contributed by atoms with van der Waals surface area (Å²) < 4.78 is 17.0. The molecule has 0 aliphatic rings. The maximum atomic E-state index is 12.5. The summed E-state index contributed by atoms with van der Waals surface area (Å²) in [5, 5.41) is 0. The van der Waals surface area contributed by atoms with E-state index < -0.39 is 6.10 Å². The number of esters is 2. The predicted molar refractivity (Wildman–Crippen MR) is 242 cm³/mol. The number of ether oxygens (including phenoxy) is 3. The molecule has 0 aromatic heterocycles. The molecule has 0 radical (unpaired) electrons. The lowest BCUT2D eigenvalue weighted by Gasteiger charge is -2.18. The van der Waals surface area contributed by atoms with Crippen LogP contribution in [0.1, 0.15) is 149 Å². The van der Waals surface area contributed by atoms with E-state index >= 15 is 0 Å². The quantitative estimate of drug-likeness (QED) is 0.0358. The minimum Gasteiger partial charge on any atom is -0.461 e. The zero-order chi connectivity index (χ0) is 40.7. The van der Waals surface area contributed by atoms with Gasteiger partial charge in [-0.25, -0.2) is 0 Å². The van der Waals surface area contributed by atoms with Crippen molar-refractivity contribution in [3.05, 3.63) is 134 Å². The highest BCUT2D eigenvalue weighted by Crippen LogP contribution is 2.08. The van der Waals surface area contributed by atoms with Gasteiger partial charge >= 0.3 is 11.9 Å². The Morgan fingerprint density at radius 2 is 0.839 bits per heavy atom. The van der Waals surface area contributed by atoms with E-state index in [1.807, 2.05) is 12.2 Å². The van der Waals surface area contributed by atoms with Crippen molar-refractivity contribution in [1.82, 2.24) is 0 Å². The Balaban J connectivity index is 4.34. The minimum absolute atomic E-state index is 0.00172. The molecule has 312 valence electrons. The number of carbonyl (C=O) groups excluding carboxylic acids is 2. The number of hydrogen-bond donors (Lipinski definition) is 0. The van der Waals surface area contributed by atoms with E-state index in [1.54, 1.807) is 0 Å². The van der Waals surface area contributed by atoms with Crippen LogP contribution in [0.5, 0.6) is 0 Å².